The van der Waals surface area contributed by atoms with E-state index in [1.807, 2.05) is 36.4 Å². The van der Waals surface area contributed by atoms with Gasteiger partial charge in [-0.1, -0.05) is 23.2 Å². The van der Waals surface area contributed by atoms with Crippen molar-refractivity contribution in [1.29, 1.82) is 0 Å². The van der Waals surface area contributed by atoms with E-state index in [1.165, 1.54) is 0 Å². The summed E-state index contributed by atoms with van der Waals surface area (Å²) in [6.45, 7) is 0.244. The van der Waals surface area contributed by atoms with E-state index in [2.05, 4.69) is 30.5 Å². The van der Waals surface area contributed by atoms with Gasteiger partial charge in [0, 0.05) is 39.6 Å². The van der Waals surface area contributed by atoms with Crippen LogP contribution in [0.1, 0.15) is 27.6 Å². The lowest BCUT2D eigenvalue weighted by molar-refractivity contribution is 0.0945. The van der Waals surface area contributed by atoms with Gasteiger partial charge < -0.3 is 5.32 Å². The molecule has 0 radical (unpaired) electrons. The number of aromatic amines is 1. The number of aromatic nitrogens is 5. The van der Waals surface area contributed by atoms with Crippen molar-refractivity contribution >= 4 is 50.9 Å². The lowest BCUT2D eigenvalue weighted by Crippen LogP contribution is -2.24. The van der Waals surface area contributed by atoms with Crippen molar-refractivity contribution < 1.29 is 4.79 Å². The highest BCUT2D eigenvalue weighted by Gasteiger charge is 2.12. The summed E-state index contributed by atoms with van der Waals surface area (Å²) < 4.78 is 0. The summed E-state index contributed by atoms with van der Waals surface area (Å²) in [5.74, 6) is 0.216. The first-order chi connectivity index (χ1) is 15.5. The first-order valence-corrected chi connectivity index (χ1v) is 10.6. The third kappa shape index (κ3) is 4.26. The van der Waals surface area contributed by atoms with Crippen LogP contribution in [0, 0.1) is 0 Å². The fourth-order valence-corrected chi connectivity index (χ4v) is 3.82. The number of halogens is 2. The Bertz CT molecular complexity index is 1470. The molecule has 3 aromatic heterocycles. The van der Waals surface area contributed by atoms with Crippen molar-refractivity contribution in [3.63, 3.8) is 0 Å². The van der Waals surface area contributed by atoms with Gasteiger partial charge in [0.2, 0.25) is 0 Å². The summed E-state index contributed by atoms with van der Waals surface area (Å²) in [6, 6.07) is 14.6. The number of rotatable bonds is 5. The molecule has 5 aromatic rings. The molecule has 0 aliphatic rings. The third-order valence-electron chi connectivity index (χ3n) is 5.02. The minimum absolute atomic E-state index is 0.244. The zero-order chi connectivity index (χ0) is 22.1. The lowest BCUT2D eigenvalue weighted by Gasteiger charge is -2.06. The van der Waals surface area contributed by atoms with Gasteiger partial charge in [0.05, 0.1) is 23.3 Å². The van der Waals surface area contributed by atoms with E-state index >= 15 is 0 Å². The highest BCUT2D eigenvalue weighted by atomic mass is 35.5. The summed E-state index contributed by atoms with van der Waals surface area (Å²) in [4.78, 5) is 25.8. The number of fused-ring (bicyclic) bond motifs is 2. The molecule has 5 rings (SSSR count). The van der Waals surface area contributed by atoms with Crippen LogP contribution in [0.25, 0.3) is 21.8 Å². The number of carbonyl (C=O) groups is 1. The Morgan fingerprint density at radius 1 is 1.00 bits per heavy atom. The maximum atomic E-state index is 12.7. The summed E-state index contributed by atoms with van der Waals surface area (Å²) in [5, 5.41) is 13.1. The summed E-state index contributed by atoms with van der Waals surface area (Å²) in [6.07, 6.45) is 3.80. The van der Waals surface area contributed by atoms with E-state index in [9.17, 15) is 4.79 Å². The van der Waals surface area contributed by atoms with Crippen molar-refractivity contribution in [3.05, 3.63) is 93.7 Å². The van der Waals surface area contributed by atoms with Crippen LogP contribution in [-0.4, -0.2) is 31.1 Å². The second kappa shape index (κ2) is 8.53. The highest BCUT2D eigenvalue weighted by Crippen LogP contribution is 2.21. The zero-order valence-electron chi connectivity index (χ0n) is 16.6. The van der Waals surface area contributed by atoms with Gasteiger partial charge in [-0.05, 0) is 54.1 Å². The van der Waals surface area contributed by atoms with Crippen LogP contribution < -0.4 is 5.32 Å². The molecule has 32 heavy (non-hydrogen) atoms. The summed E-state index contributed by atoms with van der Waals surface area (Å²) >= 11 is 12.2. The molecule has 0 aliphatic heterocycles. The smallest absolute Gasteiger partial charge is 0.270 e. The zero-order valence-corrected chi connectivity index (χ0v) is 18.2. The van der Waals surface area contributed by atoms with Crippen LogP contribution in [0.4, 0.5) is 0 Å². The molecule has 0 unspecified atom stereocenters. The summed E-state index contributed by atoms with van der Waals surface area (Å²) in [7, 11) is 0. The van der Waals surface area contributed by atoms with Crippen LogP contribution >= 0.6 is 23.2 Å². The van der Waals surface area contributed by atoms with Crippen molar-refractivity contribution in [2.75, 3.05) is 0 Å². The van der Waals surface area contributed by atoms with Gasteiger partial charge in [-0.2, -0.15) is 5.10 Å². The number of amides is 1. The molecule has 158 valence electrons. The van der Waals surface area contributed by atoms with E-state index in [1.54, 1.807) is 24.5 Å². The average Bonchev–Trinajstić information content (AvgIpc) is 3.19. The Hall–Kier alpha value is -3.55. The number of pyridine rings is 1. The fourth-order valence-electron chi connectivity index (χ4n) is 3.47. The number of hydrogen-bond acceptors (Lipinski definition) is 5. The third-order valence-corrected chi connectivity index (χ3v) is 5.49. The van der Waals surface area contributed by atoms with Gasteiger partial charge in [0.25, 0.3) is 5.91 Å². The van der Waals surface area contributed by atoms with E-state index in [0.29, 0.717) is 28.0 Å². The maximum Gasteiger partial charge on any atom is 0.270 e. The number of carbonyl (C=O) groups excluding carboxylic acids is 1. The number of benzene rings is 2. The SMILES string of the molecule is O=C(NCc1n[nH]c2ccc(Cl)cc12)c1ccnc(Cc2cnc3ccc(Cl)cc3c2)n1. The number of H-pyrrole nitrogens is 1. The quantitative estimate of drug-likeness (QED) is 0.393. The minimum atomic E-state index is -0.310. The Morgan fingerprint density at radius 2 is 1.84 bits per heavy atom. The molecule has 3 heterocycles. The van der Waals surface area contributed by atoms with E-state index in [-0.39, 0.29) is 18.1 Å². The average molecular weight is 463 g/mol. The van der Waals surface area contributed by atoms with Gasteiger partial charge in [-0.3, -0.25) is 14.9 Å². The number of nitrogens with one attached hydrogen (secondary N) is 2. The van der Waals surface area contributed by atoms with Crippen molar-refractivity contribution in [2.45, 2.75) is 13.0 Å². The number of nitrogens with zero attached hydrogens (tertiary/aromatic N) is 4. The number of hydrogen-bond donors (Lipinski definition) is 2. The monoisotopic (exact) mass is 462 g/mol. The molecular weight excluding hydrogens is 447 g/mol. The van der Waals surface area contributed by atoms with E-state index < -0.39 is 0 Å². The standard InChI is InChI=1S/C23H16Cl2N6O/c24-15-1-3-18-14(9-15)7-13(11-27-18)8-22-26-6-5-20(29-22)23(32)28-12-21-17-10-16(25)2-4-19(17)30-31-21/h1-7,9-11H,8,12H2,(H,28,32)(H,30,31). The van der Waals surface area contributed by atoms with Crippen LogP contribution in [0.15, 0.2) is 60.9 Å². The molecule has 7 nitrogen and oxygen atoms in total. The maximum absolute atomic E-state index is 12.7. The predicted molar refractivity (Wildman–Crippen MR) is 124 cm³/mol. The first kappa shape index (κ1) is 20.4. The second-order valence-electron chi connectivity index (χ2n) is 7.26. The van der Waals surface area contributed by atoms with Crippen LogP contribution in [-0.2, 0) is 13.0 Å². The summed E-state index contributed by atoms with van der Waals surface area (Å²) in [5.41, 5.74) is 3.63. The van der Waals surface area contributed by atoms with Crippen LogP contribution in [0.3, 0.4) is 0 Å². The van der Waals surface area contributed by atoms with Gasteiger partial charge >= 0.3 is 0 Å². The Labute approximate surface area is 192 Å². The highest BCUT2D eigenvalue weighted by molar-refractivity contribution is 6.31. The lowest BCUT2D eigenvalue weighted by atomic mass is 10.1. The molecule has 0 atom stereocenters. The molecule has 0 fully saturated rings. The second-order valence-corrected chi connectivity index (χ2v) is 8.13. The largest absolute Gasteiger partial charge is 0.345 e. The molecule has 0 aliphatic carbocycles. The van der Waals surface area contributed by atoms with Gasteiger partial charge in [-0.15, -0.1) is 0 Å². The molecule has 1 amide bonds. The van der Waals surface area contributed by atoms with Crippen LogP contribution in [0.5, 0.6) is 0 Å². The molecule has 0 spiro atoms. The molecule has 2 N–H and O–H groups in total. The first-order valence-electron chi connectivity index (χ1n) is 9.82. The Kier molecular flexibility index (Phi) is 5.43. The molecule has 0 saturated heterocycles. The Morgan fingerprint density at radius 3 is 2.75 bits per heavy atom. The molecule has 2 aromatic carbocycles. The minimum Gasteiger partial charge on any atom is -0.345 e. The van der Waals surface area contributed by atoms with Gasteiger partial charge in [0.1, 0.15) is 11.5 Å². The Balaban J connectivity index is 1.31. The van der Waals surface area contributed by atoms with Gasteiger partial charge in [-0.25, -0.2) is 9.97 Å². The molecule has 9 heteroatoms. The topological polar surface area (TPSA) is 96.5 Å². The predicted octanol–water partition coefficient (Wildman–Crippen LogP) is 4.73. The normalized spacial score (nSPS) is 11.2. The van der Waals surface area contributed by atoms with Crippen LogP contribution in [0.2, 0.25) is 10.0 Å². The molecule has 0 saturated carbocycles. The molecule has 0 bridgehead atoms. The van der Waals surface area contributed by atoms with Crippen molar-refractivity contribution in [3.8, 4) is 0 Å². The van der Waals surface area contributed by atoms with Gasteiger partial charge in [0.15, 0.2) is 0 Å². The van der Waals surface area contributed by atoms with Crippen molar-refractivity contribution in [1.82, 2.24) is 30.5 Å². The fraction of sp³-hybridized carbons (Fsp3) is 0.0870. The molecular formula is C23H16Cl2N6O. The van der Waals surface area contributed by atoms with E-state index in [0.717, 1.165) is 27.4 Å². The van der Waals surface area contributed by atoms with E-state index in [4.69, 9.17) is 23.2 Å². The van der Waals surface area contributed by atoms with Crippen molar-refractivity contribution in [2.24, 2.45) is 0 Å².